The Hall–Kier alpha value is -2.87. The Labute approximate surface area is 182 Å². The van der Waals surface area contributed by atoms with E-state index in [1.807, 2.05) is 30.0 Å². The van der Waals surface area contributed by atoms with Gasteiger partial charge in [-0.05, 0) is 29.9 Å². The highest BCUT2D eigenvalue weighted by Gasteiger charge is 2.43. The number of carbonyl (C=O) groups is 2. The summed E-state index contributed by atoms with van der Waals surface area (Å²) in [5.74, 6) is 0.0960. The molecule has 2 amide bonds. The molecular formula is C23H31N5O3. The number of amides is 2. The molecule has 2 aromatic rings. The van der Waals surface area contributed by atoms with Crippen molar-refractivity contribution in [1.29, 1.82) is 0 Å². The quantitative estimate of drug-likeness (QED) is 0.539. The van der Waals surface area contributed by atoms with E-state index in [1.54, 1.807) is 12.4 Å². The molecule has 0 spiro atoms. The number of carbonyl (C=O) groups excluding carboxylic acids is 2. The number of anilines is 1. The number of nitrogens with zero attached hydrogens (tertiary/aromatic N) is 2. The van der Waals surface area contributed by atoms with Gasteiger partial charge in [0.05, 0.1) is 12.2 Å². The number of aliphatic hydroxyl groups excluding tert-OH is 1. The van der Waals surface area contributed by atoms with Crippen LogP contribution in [-0.4, -0.2) is 45.4 Å². The number of aliphatic hydroxyl groups is 1. The maximum Gasteiger partial charge on any atom is 0.243 e. The Morgan fingerprint density at radius 3 is 2.90 bits per heavy atom. The number of aromatic nitrogens is 2. The fourth-order valence-corrected chi connectivity index (χ4v) is 4.55. The summed E-state index contributed by atoms with van der Waals surface area (Å²) < 4.78 is 0. The summed E-state index contributed by atoms with van der Waals surface area (Å²) in [6.07, 6.45) is 5.72. The van der Waals surface area contributed by atoms with Crippen molar-refractivity contribution in [1.82, 2.24) is 20.8 Å². The molecule has 4 rings (SSSR count). The fraction of sp³-hybridized carbons (Fsp3) is 0.522. The monoisotopic (exact) mass is 425 g/mol. The van der Waals surface area contributed by atoms with E-state index in [4.69, 9.17) is 0 Å². The van der Waals surface area contributed by atoms with Gasteiger partial charge in [0.1, 0.15) is 12.3 Å². The van der Waals surface area contributed by atoms with Crippen molar-refractivity contribution in [3.63, 3.8) is 0 Å². The van der Waals surface area contributed by atoms with Gasteiger partial charge in [-0.15, -0.1) is 0 Å². The Balaban J connectivity index is 1.54. The number of hydrogen-bond acceptors (Lipinski definition) is 5. The number of aromatic amines is 1. The van der Waals surface area contributed by atoms with Gasteiger partial charge < -0.3 is 20.6 Å². The van der Waals surface area contributed by atoms with Gasteiger partial charge in [-0.1, -0.05) is 38.5 Å². The van der Waals surface area contributed by atoms with Gasteiger partial charge in [0, 0.05) is 36.8 Å². The van der Waals surface area contributed by atoms with Gasteiger partial charge >= 0.3 is 0 Å². The normalized spacial score (nSPS) is 23.1. The second-order valence-electron chi connectivity index (χ2n) is 8.72. The predicted octanol–water partition coefficient (Wildman–Crippen LogP) is 1.64. The van der Waals surface area contributed by atoms with Crippen LogP contribution in [0.3, 0.4) is 0 Å². The molecule has 4 atom stereocenters. The summed E-state index contributed by atoms with van der Waals surface area (Å²) in [5.41, 5.74) is 4.00. The Kier molecular flexibility index (Phi) is 6.27. The van der Waals surface area contributed by atoms with Gasteiger partial charge in [0.25, 0.3) is 0 Å². The smallest absolute Gasteiger partial charge is 0.243 e. The molecule has 8 nitrogen and oxygen atoms in total. The third-order valence-electron chi connectivity index (χ3n) is 6.48. The Morgan fingerprint density at radius 1 is 1.35 bits per heavy atom. The number of rotatable bonds is 7. The minimum Gasteiger partial charge on any atom is -0.371 e. The molecule has 0 aliphatic carbocycles. The summed E-state index contributed by atoms with van der Waals surface area (Å²) in [5, 5.41) is 24.0. The zero-order valence-corrected chi connectivity index (χ0v) is 18.1. The van der Waals surface area contributed by atoms with Crippen LogP contribution in [0.1, 0.15) is 49.8 Å². The highest BCUT2D eigenvalue weighted by Crippen LogP contribution is 2.40. The van der Waals surface area contributed by atoms with Gasteiger partial charge in [-0.3, -0.25) is 14.7 Å². The first-order chi connectivity index (χ1) is 15.0. The maximum absolute atomic E-state index is 13.1. The molecule has 8 heteroatoms. The lowest BCUT2D eigenvalue weighted by Gasteiger charge is -2.35. The summed E-state index contributed by atoms with van der Waals surface area (Å²) in [7, 11) is 0. The van der Waals surface area contributed by atoms with E-state index >= 15 is 0 Å². The zero-order chi connectivity index (χ0) is 22.0. The first-order valence-electron chi connectivity index (χ1n) is 11.1. The maximum atomic E-state index is 13.1. The summed E-state index contributed by atoms with van der Waals surface area (Å²) in [6.45, 7) is 4.48. The lowest BCUT2D eigenvalue weighted by Crippen LogP contribution is -2.57. The van der Waals surface area contributed by atoms with E-state index < -0.39 is 18.3 Å². The summed E-state index contributed by atoms with van der Waals surface area (Å²) in [6, 6.07) is 5.12. The van der Waals surface area contributed by atoms with Crippen molar-refractivity contribution in [2.45, 2.75) is 70.8 Å². The fourth-order valence-electron chi connectivity index (χ4n) is 4.55. The Bertz CT molecular complexity index is 929. The van der Waals surface area contributed by atoms with Crippen molar-refractivity contribution >= 4 is 17.5 Å². The van der Waals surface area contributed by atoms with Crippen LogP contribution in [-0.2, 0) is 29.0 Å². The number of nitrogens with one attached hydrogen (secondary N) is 3. The van der Waals surface area contributed by atoms with E-state index in [0.717, 1.165) is 35.2 Å². The second-order valence-corrected chi connectivity index (χ2v) is 8.72. The van der Waals surface area contributed by atoms with Crippen LogP contribution in [0.2, 0.25) is 0 Å². The van der Waals surface area contributed by atoms with Crippen LogP contribution in [0.5, 0.6) is 0 Å². The molecule has 3 heterocycles. The second kappa shape index (κ2) is 9.09. The molecular weight excluding hydrogens is 394 g/mol. The average molecular weight is 426 g/mol. The number of hydrogen-bond donors (Lipinski definition) is 4. The number of aryl methyl sites for hydroxylation is 1. The first kappa shape index (κ1) is 21.4. The Morgan fingerprint density at radius 2 is 2.16 bits per heavy atom. The lowest BCUT2D eigenvalue weighted by molar-refractivity contribution is -0.123. The third-order valence-corrected chi connectivity index (χ3v) is 6.48. The molecule has 0 radical (unpaired) electrons. The largest absolute Gasteiger partial charge is 0.371 e. The van der Waals surface area contributed by atoms with E-state index in [0.29, 0.717) is 31.7 Å². The van der Waals surface area contributed by atoms with Crippen molar-refractivity contribution in [2.75, 3.05) is 4.90 Å². The molecule has 166 valence electrons. The number of para-hydroxylation sites is 1. The molecule has 0 saturated carbocycles. The molecule has 0 saturated heterocycles. The van der Waals surface area contributed by atoms with Crippen LogP contribution in [0, 0.1) is 5.92 Å². The highest BCUT2D eigenvalue weighted by atomic mass is 16.3. The molecule has 0 bridgehead atoms. The first-order valence-corrected chi connectivity index (χ1v) is 11.1. The highest BCUT2D eigenvalue weighted by molar-refractivity contribution is 5.89. The van der Waals surface area contributed by atoms with Crippen LogP contribution in [0.4, 0.5) is 5.69 Å². The predicted molar refractivity (Wildman–Crippen MR) is 117 cm³/mol. The van der Waals surface area contributed by atoms with E-state index in [1.165, 1.54) is 0 Å². The molecule has 31 heavy (non-hydrogen) atoms. The number of benzene rings is 1. The molecule has 2 aliphatic heterocycles. The van der Waals surface area contributed by atoms with Crippen LogP contribution in [0.25, 0.3) is 0 Å². The van der Waals surface area contributed by atoms with Crippen molar-refractivity contribution in [2.24, 2.45) is 5.92 Å². The molecule has 1 aromatic carbocycles. The van der Waals surface area contributed by atoms with Gasteiger partial charge in [-0.25, -0.2) is 0 Å². The van der Waals surface area contributed by atoms with Crippen molar-refractivity contribution < 1.29 is 14.7 Å². The molecule has 4 unspecified atom stereocenters. The van der Waals surface area contributed by atoms with E-state index in [-0.39, 0.29) is 11.8 Å². The minimum absolute atomic E-state index is 0.0512. The number of H-pyrrole nitrogens is 1. The third kappa shape index (κ3) is 4.44. The van der Waals surface area contributed by atoms with Crippen LogP contribution >= 0.6 is 0 Å². The average Bonchev–Trinajstić information content (AvgIpc) is 3.39. The van der Waals surface area contributed by atoms with E-state index in [2.05, 4.69) is 27.8 Å². The standard InChI is InChI=1S/C23H31N5O3/c1-3-14(2)9-20(29)27-18-8-7-16-5-4-6-17-10-19(28(21(16)17)23(18)31)22(30)24-11-15-12-25-26-13-15/h4-6,12-14,18-19,23,31H,3,7-11H2,1-2H3,(H,24,30)(H,25,26)(H,27,29). The topological polar surface area (TPSA) is 110 Å². The van der Waals surface area contributed by atoms with Gasteiger partial charge in [0.2, 0.25) is 11.8 Å². The van der Waals surface area contributed by atoms with Gasteiger partial charge in [-0.2, -0.15) is 5.10 Å². The molecule has 0 fully saturated rings. The van der Waals surface area contributed by atoms with Crippen LogP contribution in [0.15, 0.2) is 30.6 Å². The molecule has 2 aliphatic rings. The SMILES string of the molecule is CCC(C)CC(=O)NC1CCc2cccc3c2N(C(C(=O)NCc2cn[nH]c2)C3)C1O. The minimum atomic E-state index is -0.963. The van der Waals surface area contributed by atoms with Crippen LogP contribution < -0.4 is 15.5 Å². The van der Waals surface area contributed by atoms with Gasteiger partial charge in [0.15, 0.2) is 0 Å². The zero-order valence-electron chi connectivity index (χ0n) is 18.1. The van der Waals surface area contributed by atoms with Crippen molar-refractivity contribution in [3.8, 4) is 0 Å². The molecule has 1 aromatic heterocycles. The molecule has 4 N–H and O–H groups in total. The van der Waals surface area contributed by atoms with Crippen molar-refractivity contribution in [3.05, 3.63) is 47.3 Å². The lowest BCUT2D eigenvalue weighted by atomic mass is 10.0. The summed E-state index contributed by atoms with van der Waals surface area (Å²) >= 11 is 0. The summed E-state index contributed by atoms with van der Waals surface area (Å²) in [4.78, 5) is 27.5. The van der Waals surface area contributed by atoms with E-state index in [9.17, 15) is 14.7 Å².